The van der Waals surface area contributed by atoms with Crippen LogP contribution in [0.3, 0.4) is 0 Å². The first-order valence-corrected chi connectivity index (χ1v) is 12.0. The summed E-state index contributed by atoms with van der Waals surface area (Å²) in [6.07, 6.45) is -5.00. The summed E-state index contributed by atoms with van der Waals surface area (Å²) in [6, 6.07) is 23.9. The highest BCUT2D eigenvalue weighted by molar-refractivity contribution is 5.92. The molecule has 0 fully saturated rings. The minimum Gasteiger partial charge on any atom is -0.493 e. The second-order valence-electron chi connectivity index (χ2n) is 8.69. The average Bonchev–Trinajstić information content (AvgIpc) is 2.96. The minimum atomic E-state index is -5.00. The Labute approximate surface area is 226 Å². The number of fused-ring (bicyclic) bond motifs is 1. The lowest BCUT2D eigenvalue weighted by Gasteiger charge is -2.15. The number of carbonyl (C=O) groups excluding carboxylic acids is 1. The van der Waals surface area contributed by atoms with E-state index in [-0.39, 0.29) is 39.3 Å². The number of benzene rings is 4. The molecule has 5 rings (SSSR count). The molecule has 0 bridgehead atoms. The van der Waals surface area contributed by atoms with E-state index in [1.807, 2.05) is 30.3 Å². The average molecular weight is 546 g/mol. The Kier molecular flexibility index (Phi) is 7.04. The standard InChI is InChI=1S/C31H21F3O6/c1-37-24-15-12-21(16-26(24)38-2)27-28(35)23-14-13-22(17-25(23)40-29(27)31(32,33)34)39-30(36)20-10-8-19(9-11-20)18-6-4-3-5-7-18/h3-17H,1-2H3. The van der Waals surface area contributed by atoms with E-state index >= 15 is 0 Å². The number of halogens is 3. The SMILES string of the molecule is COc1ccc(-c2c(C(F)(F)F)oc3cc(OC(=O)c4ccc(-c5ccccc5)cc4)ccc3c2=O)cc1OC. The van der Waals surface area contributed by atoms with Gasteiger partial charge in [-0.05, 0) is 53.1 Å². The van der Waals surface area contributed by atoms with E-state index in [2.05, 4.69) is 0 Å². The lowest BCUT2D eigenvalue weighted by Crippen LogP contribution is -2.16. The summed E-state index contributed by atoms with van der Waals surface area (Å²) in [5, 5.41) is -0.121. The van der Waals surface area contributed by atoms with Crippen molar-refractivity contribution in [2.24, 2.45) is 0 Å². The highest BCUT2D eigenvalue weighted by Crippen LogP contribution is 2.40. The highest BCUT2D eigenvalue weighted by Gasteiger charge is 2.39. The molecule has 202 valence electrons. The van der Waals surface area contributed by atoms with Gasteiger partial charge in [0.25, 0.3) is 0 Å². The molecule has 0 saturated heterocycles. The number of esters is 1. The van der Waals surface area contributed by atoms with Crippen LogP contribution in [-0.2, 0) is 6.18 Å². The molecule has 0 unspecified atom stereocenters. The molecular weight excluding hydrogens is 525 g/mol. The van der Waals surface area contributed by atoms with Gasteiger partial charge in [-0.2, -0.15) is 13.2 Å². The van der Waals surface area contributed by atoms with Crippen molar-refractivity contribution in [3.05, 3.63) is 113 Å². The zero-order valence-electron chi connectivity index (χ0n) is 21.2. The fourth-order valence-corrected chi connectivity index (χ4v) is 4.29. The van der Waals surface area contributed by atoms with Crippen molar-refractivity contribution in [2.45, 2.75) is 6.18 Å². The lowest BCUT2D eigenvalue weighted by molar-refractivity contribution is -0.152. The van der Waals surface area contributed by atoms with Crippen LogP contribution in [0, 0.1) is 0 Å². The van der Waals surface area contributed by atoms with Gasteiger partial charge in [-0.25, -0.2) is 4.79 Å². The Bertz CT molecular complexity index is 1760. The van der Waals surface area contributed by atoms with E-state index in [0.717, 1.165) is 17.2 Å². The molecule has 5 aromatic rings. The zero-order chi connectivity index (χ0) is 28.4. The first-order valence-electron chi connectivity index (χ1n) is 12.0. The molecule has 40 heavy (non-hydrogen) atoms. The van der Waals surface area contributed by atoms with Crippen LogP contribution < -0.4 is 19.6 Å². The third-order valence-corrected chi connectivity index (χ3v) is 6.23. The van der Waals surface area contributed by atoms with E-state index in [4.69, 9.17) is 18.6 Å². The first kappa shape index (κ1) is 26.6. The molecule has 9 heteroatoms. The minimum absolute atomic E-state index is 0.0601. The highest BCUT2D eigenvalue weighted by atomic mass is 19.4. The normalized spacial score (nSPS) is 11.3. The molecule has 0 aliphatic rings. The topological polar surface area (TPSA) is 75.0 Å². The Hall–Kier alpha value is -5.05. The maximum Gasteiger partial charge on any atom is 0.450 e. The number of carbonyl (C=O) groups is 1. The van der Waals surface area contributed by atoms with Crippen LogP contribution in [0.15, 0.2) is 100 Å². The van der Waals surface area contributed by atoms with E-state index in [1.165, 1.54) is 44.6 Å². The van der Waals surface area contributed by atoms with Crippen molar-refractivity contribution in [2.75, 3.05) is 14.2 Å². The van der Waals surface area contributed by atoms with Gasteiger partial charge in [0.2, 0.25) is 11.2 Å². The van der Waals surface area contributed by atoms with Gasteiger partial charge in [0.1, 0.15) is 11.3 Å². The molecule has 4 aromatic carbocycles. The van der Waals surface area contributed by atoms with Gasteiger partial charge in [-0.3, -0.25) is 4.79 Å². The van der Waals surface area contributed by atoms with E-state index < -0.39 is 28.9 Å². The van der Waals surface area contributed by atoms with Crippen molar-refractivity contribution in [1.82, 2.24) is 0 Å². The Balaban J connectivity index is 1.50. The molecular formula is C31H21F3O6. The number of hydrogen-bond donors (Lipinski definition) is 0. The summed E-state index contributed by atoms with van der Waals surface area (Å²) in [5.74, 6) is -1.87. The second kappa shape index (κ2) is 10.6. The third kappa shape index (κ3) is 5.13. The number of rotatable bonds is 6. The number of hydrogen-bond acceptors (Lipinski definition) is 6. The molecule has 0 amide bonds. The second-order valence-corrected chi connectivity index (χ2v) is 8.69. The molecule has 6 nitrogen and oxygen atoms in total. The van der Waals surface area contributed by atoms with Crippen molar-refractivity contribution < 1.29 is 36.6 Å². The molecule has 0 saturated carbocycles. The maximum atomic E-state index is 14.1. The van der Waals surface area contributed by atoms with E-state index in [0.29, 0.717) is 0 Å². The molecule has 0 aliphatic carbocycles. The van der Waals surface area contributed by atoms with Gasteiger partial charge in [-0.1, -0.05) is 48.5 Å². The van der Waals surface area contributed by atoms with Gasteiger partial charge in [0.15, 0.2) is 11.5 Å². The van der Waals surface area contributed by atoms with Crippen LogP contribution in [0.5, 0.6) is 17.2 Å². The summed E-state index contributed by atoms with van der Waals surface area (Å²) in [6.45, 7) is 0. The molecule has 1 heterocycles. The molecule has 0 radical (unpaired) electrons. The maximum absolute atomic E-state index is 14.1. The Morgan fingerprint density at radius 2 is 1.40 bits per heavy atom. The molecule has 1 aromatic heterocycles. The first-order chi connectivity index (χ1) is 19.2. The van der Waals surface area contributed by atoms with Crippen LogP contribution in [-0.4, -0.2) is 20.2 Å². The Morgan fingerprint density at radius 3 is 2.05 bits per heavy atom. The summed E-state index contributed by atoms with van der Waals surface area (Å²) in [4.78, 5) is 26.0. The van der Waals surface area contributed by atoms with Gasteiger partial charge >= 0.3 is 12.1 Å². The summed E-state index contributed by atoms with van der Waals surface area (Å²) < 4.78 is 63.2. The zero-order valence-corrected chi connectivity index (χ0v) is 21.2. The summed E-state index contributed by atoms with van der Waals surface area (Å²) >= 11 is 0. The fourth-order valence-electron chi connectivity index (χ4n) is 4.29. The predicted molar refractivity (Wildman–Crippen MR) is 143 cm³/mol. The molecule has 0 spiro atoms. The predicted octanol–water partition coefficient (Wildman–Crippen LogP) is 7.38. The summed E-state index contributed by atoms with van der Waals surface area (Å²) in [5.41, 5.74) is 0.0798. The molecule has 0 atom stereocenters. The van der Waals surface area contributed by atoms with Crippen LogP contribution in [0.25, 0.3) is 33.2 Å². The molecule has 0 N–H and O–H groups in total. The van der Waals surface area contributed by atoms with Crippen LogP contribution in [0.4, 0.5) is 13.2 Å². The lowest BCUT2D eigenvalue weighted by atomic mass is 10.0. The number of methoxy groups -OCH3 is 2. The monoisotopic (exact) mass is 546 g/mol. The quantitative estimate of drug-likeness (QED) is 0.163. The Morgan fingerprint density at radius 1 is 0.750 bits per heavy atom. The van der Waals surface area contributed by atoms with Crippen molar-refractivity contribution >= 4 is 16.9 Å². The van der Waals surface area contributed by atoms with Gasteiger partial charge in [0, 0.05) is 6.07 Å². The van der Waals surface area contributed by atoms with Gasteiger partial charge in [-0.15, -0.1) is 0 Å². The van der Waals surface area contributed by atoms with Crippen LogP contribution in [0.1, 0.15) is 16.1 Å². The van der Waals surface area contributed by atoms with Crippen LogP contribution >= 0.6 is 0 Å². The fraction of sp³-hybridized carbons (Fsp3) is 0.0968. The number of alkyl halides is 3. The van der Waals surface area contributed by atoms with Crippen molar-refractivity contribution in [3.63, 3.8) is 0 Å². The van der Waals surface area contributed by atoms with E-state index in [1.54, 1.807) is 24.3 Å². The van der Waals surface area contributed by atoms with Gasteiger partial charge < -0.3 is 18.6 Å². The summed E-state index contributed by atoms with van der Waals surface area (Å²) in [7, 11) is 2.71. The van der Waals surface area contributed by atoms with Crippen molar-refractivity contribution in [1.29, 1.82) is 0 Å². The van der Waals surface area contributed by atoms with Gasteiger partial charge in [0.05, 0.1) is 30.7 Å². The largest absolute Gasteiger partial charge is 0.493 e. The smallest absolute Gasteiger partial charge is 0.450 e. The number of ether oxygens (including phenoxy) is 3. The third-order valence-electron chi connectivity index (χ3n) is 6.23. The van der Waals surface area contributed by atoms with E-state index in [9.17, 15) is 22.8 Å². The van der Waals surface area contributed by atoms with Crippen molar-refractivity contribution in [3.8, 4) is 39.5 Å². The van der Waals surface area contributed by atoms with Crippen LogP contribution in [0.2, 0.25) is 0 Å². The molecule has 0 aliphatic heterocycles.